The molecule has 0 N–H and O–H groups in total. The lowest BCUT2D eigenvalue weighted by atomic mass is 9.94. The lowest BCUT2D eigenvalue weighted by Crippen LogP contribution is -2.38. The van der Waals surface area contributed by atoms with Crippen molar-refractivity contribution in [3.63, 3.8) is 0 Å². The molecule has 1 amide bonds. The predicted molar refractivity (Wildman–Crippen MR) is 56.1 cm³/mol. The molecule has 1 heterocycles. The number of carbonyl (C=O) groups is 1. The minimum atomic E-state index is 0.301. The Labute approximate surface area is 86.4 Å². The van der Waals surface area contributed by atoms with E-state index in [1.165, 1.54) is 0 Å². The molecule has 0 atom stereocenters. The number of rotatable bonds is 4. The van der Waals surface area contributed by atoms with E-state index in [-0.39, 0.29) is 0 Å². The van der Waals surface area contributed by atoms with Gasteiger partial charge in [0.25, 0.3) is 0 Å². The Balaban J connectivity index is 2.20. The summed E-state index contributed by atoms with van der Waals surface area (Å²) in [5, 5.41) is 0. The lowest BCUT2D eigenvalue weighted by molar-refractivity contribution is -0.132. The minimum absolute atomic E-state index is 0.301. The number of amides is 1. The molecule has 0 unspecified atom stereocenters. The van der Waals surface area contributed by atoms with Crippen LogP contribution in [0.15, 0.2) is 0 Å². The van der Waals surface area contributed by atoms with Crippen LogP contribution in [0.25, 0.3) is 0 Å². The third kappa shape index (κ3) is 3.29. The van der Waals surface area contributed by atoms with Crippen molar-refractivity contribution >= 4 is 5.91 Å². The zero-order chi connectivity index (χ0) is 10.4. The van der Waals surface area contributed by atoms with E-state index in [1.807, 2.05) is 11.8 Å². The van der Waals surface area contributed by atoms with Gasteiger partial charge in [0.05, 0.1) is 0 Å². The first-order chi connectivity index (χ1) is 6.77. The van der Waals surface area contributed by atoms with E-state index in [1.54, 1.807) is 7.11 Å². The van der Waals surface area contributed by atoms with Gasteiger partial charge in [-0.05, 0) is 25.2 Å². The summed E-state index contributed by atoms with van der Waals surface area (Å²) in [5.41, 5.74) is 0. The molecule has 3 nitrogen and oxygen atoms in total. The first-order valence-electron chi connectivity index (χ1n) is 5.54. The van der Waals surface area contributed by atoms with Crippen molar-refractivity contribution in [3.05, 3.63) is 0 Å². The van der Waals surface area contributed by atoms with Crippen LogP contribution in [-0.2, 0) is 9.53 Å². The van der Waals surface area contributed by atoms with Crippen molar-refractivity contribution < 1.29 is 9.53 Å². The van der Waals surface area contributed by atoms with Gasteiger partial charge < -0.3 is 9.64 Å². The molecule has 0 spiro atoms. The molecule has 0 radical (unpaired) electrons. The van der Waals surface area contributed by atoms with Crippen LogP contribution in [0.5, 0.6) is 0 Å². The molecule has 3 heteroatoms. The molecular formula is C11H21NO2. The van der Waals surface area contributed by atoms with Gasteiger partial charge in [-0.15, -0.1) is 0 Å². The maximum atomic E-state index is 11.4. The number of likely N-dealkylation sites (tertiary alicyclic amines) is 1. The van der Waals surface area contributed by atoms with Crippen LogP contribution in [0.3, 0.4) is 0 Å². The van der Waals surface area contributed by atoms with Crippen molar-refractivity contribution in [1.29, 1.82) is 0 Å². The molecule has 14 heavy (non-hydrogen) atoms. The molecule has 1 aliphatic heterocycles. The number of ether oxygens (including phenoxy) is 1. The van der Waals surface area contributed by atoms with Crippen LogP contribution in [0, 0.1) is 5.92 Å². The maximum absolute atomic E-state index is 11.4. The van der Waals surface area contributed by atoms with Crippen LogP contribution in [0.4, 0.5) is 0 Å². The molecule has 1 rings (SSSR count). The number of carbonyl (C=O) groups excluding carboxylic acids is 1. The van der Waals surface area contributed by atoms with Crippen LogP contribution in [0.1, 0.15) is 32.6 Å². The van der Waals surface area contributed by atoms with Crippen LogP contribution >= 0.6 is 0 Å². The number of piperidine rings is 1. The summed E-state index contributed by atoms with van der Waals surface area (Å²) in [4.78, 5) is 13.4. The van der Waals surface area contributed by atoms with Gasteiger partial charge in [0, 0.05) is 33.2 Å². The van der Waals surface area contributed by atoms with E-state index in [0.29, 0.717) is 12.3 Å². The normalized spacial score (nSPS) is 18.6. The van der Waals surface area contributed by atoms with Crippen molar-refractivity contribution in [3.8, 4) is 0 Å². The highest BCUT2D eigenvalue weighted by Crippen LogP contribution is 2.20. The summed E-state index contributed by atoms with van der Waals surface area (Å²) >= 11 is 0. The molecule has 82 valence electrons. The molecule has 1 saturated heterocycles. The van der Waals surface area contributed by atoms with Crippen molar-refractivity contribution in [1.82, 2.24) is 4.90 Å². The van der Waals surface area contributed by atoms with Gasteiger partial charge in [0.1, 0.15) is 0 Å². The number of hydrogen-bond acceptors (Lipinski definition) is 2. The smallest absolute Gasteiger partial charge is 0.222 e. The number of hydrogen-bond donors (Lipinski definition) is 0. The molecule has 0 bridgehead atoms. The molecule has 0 aromatic rings. The summed E-state index contributed by atoms with van der Waals surface area (Å²) in [7, 11) is 1.75. The highest BCUT2D eigenvalue weighted by atomic mass is 16.5. The second-order valence-electron chi connectivity index (χ2n) is 3.96. The maximum Gasteiger partial charge on any atom is 0.222 e. The van der Waals surface area contributed by atoms with Crippen molar-refractivity contribution in [2.75, 3.05) is 26.8 Å². The third-order valence-electron chi connectivity index (χ3n) is 3.00. The molecule has 0 saturated carbocycles. The average Bonchev–Trinajstić information content (AvgIpc) is 2.26. The van der Waals surface area contributed by atoms with E-state index in [2.05, 4.69) is 0 Å². The molecule has 0 aromatic heterocycles. The fourth-order valence-corrected chi connectivity index (χ4v) is 1.98. The van der Waals surface area contributed by atoms with E-state index in [9.17, 15) is 4.79 Å². The minimum Gasteiger partial charge on any atom is -0.385 e. The van der Waals surface area contributed by atoms with E-state index in [0.717, 1.165) is 44.9 Å². The Kier molecular flexibility index (Phi) is 4.94. The molecule has 0 aliphatic carbocycles. The van der Waals surface area contributed by atoms with Gasteiger partial charge in [-0.1, -0.05) is 6.92 Å². The highest BCUT2D eigenvalue weighted by Gasteiger charge is 2.21. The van der Waals surface area contributed by atoms with Crippen LogP contribution < -0.4 is 0 Å². The van der Waals surface area contributed by atoms with Gasteiger partial charge in [0.15, 0.2) is 0 Å². The highest BCUT2D eigenvalue weighted by molar-refractivity contribution is 5.75. The zero-order valence-corrected chi connectivity index (χ0v) is 9.29. The summed E-state index contributed by atoms with van der Waals surface area (Å²) < 4.78 is 5.06. The van der Waals surface area contributed by atoms with Crippen LogP contribution in [-0.4, -0.2) is 37.6 Å². The lowest BCUT2D eigenvalue weighted by Gasteiger charge is -2.31. The zero-order valence-electron chi connectivity index (χ0n) is 9.29. The molecule has 1 aliphatic rings. The molecular weight excluding hydrogens is 178 g/mol. The van der Waals surface area contributed by atoms with Crippen LogP contribution in [0.2, 0.25) is 0 Å². The fourth-order valence-electron chi connectivity index (χ4n) is 1.98. The third-order valence-corrected chi connectivity index (χ3v) is 3.00. The first-order valence-corrected chi connectivity index (χ1v) is 5.54. The topological polar surface area (TPSA) is 29.5 Å². The van der Waals surface area contributed by atoms with Gasteiger partial charge >= 0.3 is 0 Å². The standard InChI is InChI=1S/C11H21NO2/c1-3-11(13)12-7-4-10(5-8-12)6-9-14-2/h10H,3-9H2,1-2H3. The summed E-state index contributed by atoms with van der Waals surface area (Å²) in [6.45, 7) is 4.67. The van der Waals surface area contributed by atoms with E-state index >= 15 is 0 Å². The second-order valence-corrected chi connectivity index (χ2v) is 3.96. The van der Waals surface area contributed by atoms with E-state index < -0.39 is 0 Å². The predicted octanol–water partition coefficient (Wildman–Crippen LogP) is 1.67. The number of nitrogens with zero attached hydrogens (tertiary/aromatic N) is 1. The van der Waals surface area contributed by atoms with Gasteiger partial charge in [0.2, 0.25) is 5.91 Å². The van der Waals surface area contributed by atoms with Gasteiger partial charge in [-0.2, -0.15) is 0 Å². The second kappa shape index (κ2) is 6.02. The summed E-state index contributed by atoms with van der Waals surface area (Å²) in [6.07, 6.45) is 4.08. The SMILES string of the molecule is CCC(=O)N1CCC(CCOC)CC1. The van der Waals surface area contributed by atoms with Crippen molar-refractivity contribution in [2.24, 2.45) is 5.92 Å². The van der Waals surface area contributed by atoms with Gasteiger partial charge in [-0.3, -0.25) is 4.79 Å². The molecule has 1 fully saturated rings. The Morgan fingerprint density at radius 1 is 1.43 bits per heavy atom. The first kappa shape index (κ1) is 11.5. The number of methoxy groups -OCH3 is 1. The van der Waals surface area contributed by atoms with Gasteiger partial charge in [-0.25, -0.2) is 0 Å². The average molecular weight is 199 g/mol. The molecule has 0 aromatic carbocycles. The van der Waals surface area contributed by atoms with E-state index in [4.69, 9.17) is 4.74 Å². The summed E-state index contributed by atoms with van der Waals surface area (Å²) in [6, 6.07) is 0. The largest absolute Gasteiger partial charge is 0.385 e. The monoisotopic (exact) mass is 199 g/mol. The fraction of sp³-hybridized carbons (Fsp3) is 0.909. The Morgan fingerprint density at radius 2 is 2.07 bits per heavy atom. The quantitative estimate of drug-likeness (QED) is 0.689. The van der Waals surface area contributed by atoms with Crippen molar-refractivity contribution in [2.45, 2.75) is 32.6 Å². The Bertz CT molecular complexity index is 174. The Hall–Kier alpha value is -0.570. The summed E-state index contributed by atoms with van der Waals surface area (Å²) in [5.74, 6) is 1.06. The Morgan fingerprint density at radius 3 is 2.57 bits per heavy atom.